The van der Waals surface area contributed by atoms with E-state index in [4.69, 9.17) is 0 Å². The van der Waals surface area contributed by atoms with Crippen LogP contribution in [0, 0.1) is 0 Å². The maximum atomic E-state index is 3.74. The number of hydrogen-bond acceptors (Lipinski definition) is 1. The number of hydrogen-bond donors (Lipinski definition) is 1. The zero-order chi connectivity index (χ0) is 7.71. The molecule has 0 saturated carbocycles. The Bertz CT molecular complexity index is 80.9. The zero-order valence-electron chi connectivity index (χ0n) is 7.50. The molecule has 0 aromatic carbocycles. The Hall–Kier alpha value is 1.87. The maximum absolute atomic E-state index is 3.74. The molecule has 0 saturated heterocycles. The summed E-state index contributed by atoms with van der Waals surface area (Å²) in [4.78, 5) is 0. The van der Waals surface area contributed by atoms with Gasteiger partial charge in [0.05, 0.1) is 0 Å². The third-order valence-corrected chi connectivity index (χ3v) is 6.75. The first-order chi connectivity index (χ1) is 3.71. The minimum absolute atomic E-state index is 0. The van der Waals surface area contributed by atoms with Crippen molar-refractivity contribution in [1.29, 1.82) is 0 Å². The van der Waals surface area contributed by atoms with Crippen LogP contribution >= 0.6 is 0 Å². The van der Waals surface area contributed by atoms with E-state index in [9.17, 15) is 0 Å². The number of nitrogens with one attached hydrogen (secondary N) is 1. The Morgan fingerprint density at radius 3 is 0.900 bits per heavy atom. The van der Waals surface area contributed by atoms with Crippen LogP contribution in [0.1, 0.15) is 0 Å². The van der Waals surface area contributed by atoms with E-state index in [0.29, 0.717) is 0 Å². The molecule has 0 amide bonds. The van der Waals surface area contributed by atoms with E-state index in [1.165, 1.54) is 0 Å². The van der Waals surface area contributed by atoms with Gasteiger partial charge in [0.15, 0.2) is 0 Å². The molecule has 0 radical (unpaired) electrons. The van der Waals surface area contributed by atoms with Crippen LogP contribution in [0.4, 0.5) is 0 Å². The van der Waals surface area contributed by atoms with Gasteiger partial charge in [-0.25, -0.2) is 0 Å². The number of rotatable bonds is 2. The summed E-state index contributed by atoms with van der Waals surface area (Å²) in [6.45, 7) is 14.1. The molecule has 4 heteroatoms. The molecule has 1 nitrogen and oxygen atoms in total. The van der Waals surface area contributed by atoms with E-state index < -0.39 is 16.5 Å². The quantitative estimate of drug-likeness (QED) is 0.730. The van der Waals surface area contributed by atoms with Gasteiger partial charge in [-0.15, -0.1) is 0 Å². The van der Waals surface area contributed by atoms with Crippen LogP contribution in [-0.2, 0) is 0 Å². The summed E-state index contributed by atoms with van der Waals surface area (Å²) in [5.74, 6) is 0. The first kappa shape index (κ1) is 14.4. The van der Waals surface area contributed by atoms with Gasteiger partial charge in [0, 0.05) is 0 Å². The van der Waals surface area contributed by atoms with Crippen molar-refractivity contribution in [2.45, 2.75) is 39.3 Å². The van der Waals surface area contributed by atoms with Crippen molar-refractivity contribution in [2.75, 3.05) is 0 Å². The molecular formula is C6H21NSi2Sr. The molecule has 0 aliphatic rings. The van der Waals surface area contributed by atoms with Crippen molar-refractivity contribution < 1.29 is 0 Å². The van der Waals surface area contributed by atoms with Gasteiger partial charge in [-0.3, -0.25) is 0 Å². The molecule has 1 N–H and O–H groups in total. The fourth-order valence-electron chi connectivity index (χ4n) is 1.12. The third kappa shape index (κ3) is 12.5. The second-order valence-electron chi connectivity index (χ2n) is 4.62. The van der Waals surface area contributed by atoms with E-state index in [1.807, 2.05) is 0 Å². The van der Waals surface area contributed by atoms with Crippen LogP contribution < -0.4 is 4.65 Å². The molecule has 10 heavy (non-hydrogen) atoms. The second kappa shape index (κ2) is 4.79. The summed E-state index contributed by atoms with van der Waals surface area (Å²) in [5.41, 5.74) is 0. The van der Waals surface area contributed by atoms with Gasteiger partial charge in [0.1, 0.15) is 16.5 Å². The molecule has 0 aromatic heterocycles. The molecule has 0 atom stereocenters. The molecule has 0 spiro atoms. The van der Waals surface area contributed by atoms with Gasteiger partial charge in [0.2, 0.25) is 0 Å². The van der Waals surface area contributed by atoms with E-state index in [1.54, 1.807) is 0 Å². The summed E-state index contributed by atoms with van der Waals surface area (Å²) >= 11 is 0. The average molecular weight is 251 g/mol. The van der Waals surface area contributed by atoms with Crippen LogP contribution in [0.25, 0.3) is 0 Å². The van der Waals surface area contributed by atoms with Crippen molar-refractivity contribution in [1.82, 2.24) is 4.65 Å². The predicted octanol–water partition coefficient (Wildman–Crippen LogP) is 1.33. The molecule has 0 aromatic rings. The Labute approximate surface area is 104 Å². The predicted molar refractivity (Wildman–Crippen MR) is 58.4 cm³/mol. The van der Waals surface area contributed by atoms with Crippen molar-refractivity contribution in [3.05, 3.63) is 0 Å². The van der Waals surface area contributed by atoms with Crippen LogP contribution in [0.2, 0.25) is 39.3 Å². The van der Waals surface area contributed by atoms with E-state index in [2.05, 4.69) is 43.9 Å². The van der Waals surface area contributed by atoms with E-state index in [-0.39, 0.29) is 45.5 Å². The minimum atomic E-state index is -0.981. The van der Waals surface area contributed by atoms with Gasteiger partial charge in [-0.1, -0.05) is 39.3 Å². The van der Waals surface area contributed by atoms with Gasteiger partial charge < -0.3 is 4.65 Å². The SMILES string of the molecule is C[Si](C)(C)N[Si](C)(C)C.[SrH2]. The fraction of sp³-hybridized carbons (Fsp3) is 1.00. The Morgan fingerprint density at radius 1 is 0.700 bits per heavy atom. The summed E-state index contributed by atoms with van der Waals surface area (Å²) in [6.07, 6.45) is 0. The molecule has 0 unspecified atom stereocenters. The molecule has 0 bridgehead atoms. The van der Waals surface area contributed by atoms with Gasteiger partial charge in [0.25, 0.3) is 0 Å². The van der Waals surface area contributed by atoms with Crippen LogP contribution in [0.3, 0.4) is 0 Å². The fourth-order valence-corrected chi connectivity index (χ4v) is 10.1. The van der Waals surface area contributed by atoms with Gasteiger partial charge in [-0.2, -0.15) is 0 Å². The zero-order valence-corrected chi connectivity index (χ0v) is 9.50. The van der Waals surface area contributed by atoms with Gasteiger partial charge in [-0.05, 0) is 0 Å². The van der Waals surface area contributed by atoms with Crippen LogP contribution in [-0.4, -0.2) is 62.0 Å². The monoisotopic (exact) mass is 251 g/mol. The average Bonchev–Trinajstić information content (AvgIpc) is 1.14. The molecule has 0 fully saturated rings. The molecular weight excluding hydrogens is 230 g/mol. The first-order valence-electron chi connectivity index (χ1n) is 3.50. The molecule has 0 rings (SSSR count). The van der Waals surface area contributed by atoms with Crippen molar-refractivity contribution in [3.63, 3.8) is 0 Å². The van der Waals surface area contributed by atoms with Crippen molar-refractivity contribution in [2.24, 2.45) is 0 Å². The molecule has 60 valence electrons. The van der Waals surface area contributed by atoms with Crippen LogP contribution in [0.5, 0.6) is 0 Å². The summed E-state index contributed by atoms with van der Waals surface area (Å²) in [5, 5.41) is 0. The molecule has 0 heterocycles. The van der Waals surface area contributed by atoms with Crippen molar-refractivity contribution >= 4 is 62.0 Å². The van der Waals surface area contributed by atoms with Gasteiger partial charge >= 0.3 is 45.5 Å². The first-order valence-corrected chi connectivity index (χ1v) is 10.5. The summed E-state index contributed by atoms with van der Waals surface area (Å²) in [6, 6.07) is 0. The van der Waals surface area contributed by atoms with Crippen LogP contribution in [0.15, 0.2) is 0 Å². The van der Waals surface area contributed by atoms with E-state index in [0.717, 1.165) is 0 Å². The van der Waals surface area contributed by atoms with Crippen molar-refractivity contribution in [3.8, 4) is 0 Å². The molecule has 0 aliphatic carbocycles. The Morgan fingerprint density at radius 2 is 0.900 bits per heavy atom. The topological polar surface area (TPSA) is 12.0 Å². The third-order valence-electron chi connectivity index (χ3n) is 0.750. The second-order valence-corrected chi connectivity index (χ2v) is 14.6. The summed E-state index contributed by atoms with van der Waals surface area (Å²) < 4.78 is 3.74. The van der Waals surface area contributed by atoms with E-state index >= 15 is 0 Å². The Kier molecular flexibility index (Phi) is 6.90. The standard InChI is InChI=1S/C6H19NSi2.Sr.2H/c1-8(2,3)7-9(4,5)6;;;/h7H,1-6H3;;;. The Balaban J connectivity index is 0. The summed E-state index contributed by atoms with van der Waals surface area (Å²) in [7, 11) is -1.96. The molecule has 0 aliphatic heterocycles. The normalized spacial score (nSPS) is 12.6.